The molecule has 0 aliphatic carbocycles. The minimum absolute atomic E-state index is 0.158. The van der Waals surface area contributed by atoms with Crippen LogP contribution in [-0.4, -0.2) is 30.4 Å². The molecule has 1 aromatic carbocycles. The van der Waals surface area contributed by atoms with Gasteiger partial charge in [0.1, 0.15) is 4.90 Å². The molecule has 0 unspecified atom stereocenters. The first-order valence-electron chi connectivity index (χ1n) is 4.70. The summed E-state index contributed by atoms with van der Waals surface area (Å²) >= 11 is 5.63. The first kappa shape index (κ1) is 13.8. The fourth-order valence-electron chi connectivity index (χ4n) is 1.45. The summed E-state index contributed by atoms with van der Waals surface area (Å²) in [6.07, 6.45) is 0. The molecular weight excluding hydrogens is 268 g/mol. The Labute approximate surface area is 104 Å². The average molecular weight is 279 g/mol. The van der Waals surface area contributed by atoms with Crippen LogP contribution in [0.3, 0.4) is 0 Å². The number of aromatic carboxylic acids is 1. The standard InChI is InChI=1S/C10H11ClO5S/c1-3-17(15,16)9-5(2)4-6(10(13)14)7(11)8(9)12/h4,12H,3H2,1-2H3,(H,13,14). The Kier molecular flexibility index (Phi) is 3.68. The summed E-state index contributed by atoms with van der Waals surface area (Å²) in [7, 11) is -3.65. The second-order valence-electron chi connectivity index (χ2n) is 3.44. The molecule has 1 aromatic rings. The van der Waals surface area contributed by atoms with Crippen LogP contribution in [0, 0.1) is 6.92 Å². The third-order valence-corrected chi connectivity index (χ3v) is 4.58. The van der Waals surface area contributed by atoms with E-state index < -0.39 is 26.6 Å². The van der Waals surface area contributed by atoms with Gasteiger partial charge in [-0.15, -0.1) is 0 Å². The summed E-state index contributed by atoms with van der Waals surface area (Å²) in [5.41, 5.74) is -0.164. The molecule has 0 aliphatic rings. The Balaban J connectivity index is 3.69. The number of halogens is 1. The molecule has 0 saturated heterocycles. The van der Waals surface area contributed by atoms with Crippen LogP contribution >= 0.6 is 11.6 Å². The van der Waals surface area contributed by atoms with Crippen LogP contribution in [0.25, 0.3) is 0 Å². The fraction of sp³-hybridized carbons (Fsp3) is 0.300. The van der Waals surface area contributed by atoms with E-state index in [1.807, 2.05) is 0 Å². The highest BCUT2D eigenvalue weighted by molar-refractivity contribution is 7.91. The third-order valence-electron chi connectivity index (χ3n) is 2.30. The van der Waals surface area contributed by atoms with E-state index in [1.54, 1.807) is 0 Å². The monoisotopic (exact) mass is 278 g/mol. The Bertz CT molecular complexity index is 577. The van der Waals surface area contributed by atoms with Gasteiger partial charge in [-0.25, -0.2) is 13.2 Å². The molecule has 0 atom stereocenters. The topological polar surface area (TPSA) is 91.7 Å². The Morgan fingerprint density at radius 2 is 2.00 bits per heavy atom. The lowest BCUT2D eigenvalue weighted by Gasteiger charge is -2.11. The van der Waals surface area contributed by atoms with Gasteiger partial charge >= 0.3 is 5.97 Å². The van der Waals surface area contributed by atoms with Crippen molar-refractivity contribution in [1.29, 1.82) is 0 Å². The Morgan fingerprint density at radius 3 is 2.41 bits per heavy atom. The van der Waals surface area contributed by atoms with Crippen LogP contribution in [0.2, 0.25) is 5.02 Å². The Hall–Kier alpha value is -1.27. The van der Waals surface area contributed by atoms with E-state index in [2.05, 4.69) is 0 Å². The first-order valence-corrected chi connectivity index (χ1v) is 6.73. The molecule has 7 heteroatoms. The van der Waals surface area contributed by atoms with Crippen molar-refractivity contribution < 1.29 is 23.4 Å². The molecule has 94 valence electrons. The van der Waals surface area contributed by atoms with Crippen molar-refractivity contribution in [2.45, 2.75) is 18.7 Å². The maximum atomic E-state index is 11.7. The summed E-state index contributed by atoms with van der Waals surface area (Å²) in [5, 5.41) is 18.1. The lowest BCUT2D eigenvalue weighted by Crippen LogP contribution is -2.09. The number of carboxylic acid groups (broad SMARTS) is 1. The second-order valence-corrected chi connectivity index (χ2v) is 6.03. The molecule has 17 heavy (non-hydrogen) atoms. The molecule has 0 bridgehead atoms. The summed E-state index contributed by atoms with van der Waals surface area (Å²) < 4.78 is 23.4. The maximum absolute atomic E-state index is 11.7. The van der Waals surface area contributed by atoms with Gasteiger partial charge < -0.3 is 10.2 Å². The lowest BCUT2D eigenvalue weighted by molar-refractivity contribution is 0.0696. The van der Waals surface area contributed by atoms with Gasteiger partial charge in [0.25, 0.3) is 0 Å². The number of carboxylic acids is 1. The zero-order valence-electron chi connectivity index (χ0n) is 9.19. The summed E-state index contributed by atoms with van der Waals surface area (Å²) in [5.74, 6) is -2.23. The molecule has 5 nitrogen and oxygen atoms in total. The smallest absolute Gasteiger partial charge is 0.337 e. The predicted molar refractivity (Wildman–Crippen MR) is 62.5 cm³/mol. The van der Waals surface area contributed by atoms with Crippen molar-refractivity contribution >= 4 is 27.4 Å². The maximum Gasteiger partial charge on any atom is 0.337 e. The molecule has 0 fully saturated rings. The number of rotatable bonds is 3. The molecule has 0 aromatic heterocycles. The number of aromatic hydroxyl groups is 1. The van der Waals surface area contributed by atoms with Gasteiger partial charge in [0.15, 0.2) is 15.6 Å². The SMILES string of the molecule is CCS(=O)(=O)c1c(C)cc(C(=O)O)c(Cl)c1O. The van der Waals surface area contributed by atoms with Crippen LogP contribution in [0.15, 0.2) is 11.0 Å². The highest BCUT2D eigenvalue weighted by Crippen LogP contribution is 2.37. The fourth-order valence-corrected chi connectivity index (χ4v) is 2.97. The molecule has 0 aliphatic heterocycles. The van der Waals surface area contributed by atoms with Gasteiger partial charge in [0, 0.05) is 0 Å². The zero-order chi connectivity index (χ0) is 13.4. The quantitative estimate of drug-likeness (QED) is 0.880. The normalized spacial score (nSPS) is 11.5. The van der Waals surface area contributed by atoms with E-state index >= 15 is 0 Å². The Morgan fingerprint density at radius 1 is 1.47 bits per heavy atom. The van der Waals surface area contributed by atoms with Gasteiger partial charge in [-0.05, 0) is 18.6 Å². The number of benzene rings is 1. The lowest BCUT2D eigenvalue weighted by atomic mass is 10.1. The van der Waals surface area contributed by atoms with E-state index in [0.717, 1.165) is 6.07 Å². The van der Waals surface area contributed by atoms with E-state index in [1.165, 1.54) is 13.8 Å². The summed E-state index contributed by atoms with van der Waals surface area (Å²) in [6, 6.07) is 1.13. The van der Waals surface area contributed by atoms with Crippen molar-refractivity contribution in [3.63, 3.8) is 0 Å². The minimum Gasteiger partial charge on any atom is -0.505 e. The molecule has 0 spiro atoms. The van der Waals surface area contributed by atoms with Crippen LogP contribution < -0.4 is 0 Å². The summed E-state index contributed by atoms with van der Waals surface area (Å²) in [6.45, 7) is 2.83. The minimum atomic E-state index is -3.65. The largest absolute Gasteiger partial charge is 0.505 e. The van der Waals surface area contributed by atoms with Gasteiger partial charge in [0.05, 0.1) is 16.3 Å². The highest BCUT2D eigenvalue weighted by Gasteiger charge is 2.25. The van der Waals surface area contributed by atoms with Crippen molar-refractivity contribution in [1.82, 2.24) is 0 Å². The highest BCUT2D eigenvalue weighted by atomic mass is 35.5. The van der Waals surface area contributed by atoms with E-state index in [0.29, 0.717) is 0 Å². The zero-order valence-corrected chi connectivity index (χ0v) is 10.8. The molecule has 0 amide bonds. The van der Waals surface area contributed by atoms with Crippen LogP contribution in [0.4, 0.5) is 0 Å². The molecule has 2 N–H and O–H groups in total. The van der Waals surface area contributed by atoms with Crippen molar-refractivity contribution in [2.75, 3.05) is 5.75 Å². The first-order chi connectivity index (χ1) is 7.72. The van der Waals surface area contributed by atoms with Crippen molar-refractivity contribution in [3.8, 4) is 5.75 Å². The van der Waals surface area contributed by atoms with Crippen LogP contribution in [0.1, 0.15) is 22.8 Å². The number of phenols is 1. The average Bonchev–Trinajstić information content (AvgIpc) is 2.22. The van der Waals surface area contributed by atoms with Crippen molar-refractivity contribution in [2.24, 2.45) is 0 Å². The van der Waals surface area contributed by atoms with Gasteiger partial charge in [0.2, 0.25) is 0 Å². The van der Waals surface area contributed by atoms with E-state index in [-0.39, 0.29) is 21.8 Å². The number of sulfone groups is 1. The van der Waals surface area contributed by atoms with Crippen LogP contribution in [0.5, 0.6) is 5.75 Å². The molecule has 0 radical (unpaired) electrons. The molecule has 0 heterocycles. The number of aryl methyl sites for hydroxylation is 1. The molecule has 0 saturated carbocycles. The second kappa shape index (κ2) is 4.54. The van der Waals surface area contributed by atoms with E-state index in [4.69, 9.17) is 16.7 Å². The predicted octanol–water partition coefficient (Wildman–Crippen LogP) is 1.85. The number of hydrogen-bond acceptors (Lipinski definition) is 4. The number of hydrogen-bond donors (Lipinski definition) is 2. The number of phenolic OH excluding ortho intramolecular Hbond substituents is 1. The van der Waals surface area contributed by atoms with E-state index in [9.17, 15) is 18.3 Å². The van der Waals surface area contributed by atoms with Crippen LogP contribution in [-0.2, 0) is 9.84 Å². The molecular formula is C10H11ClO5S. The summed E-state index contributed by atoms with van der Waals surface area (Å²) in [4.78, 5) is 10.5. The third kappa shape index (κ3) is 2.37. The van der Waals surface area contributed by atoms with Crippen molar-refractivity contribution in [3.05, 3.63) is 22.2 Å². The number of carbonyl (C=O) groups is 1. The van der Waals surface area contributed by atoms with Gasteiger partial charge in [-0.3, -0.25) is 0 Å². The van der Waals surface area contributed by atoms with Gasteiger partial charge in [-0.2, -0.15) is 0 Å². The molecule has 1 rings (SSSR count). The van der Waals surface area contributed by atoms with Gasteiger partial charge in [-0.1, -0.05) is 18.5 Å².